The van der Waals surface area contributed by atoms with Crippen LogP contribution in [0.1, 0.15) is 52.4 Å². The summed E-state index contributed by atoms with van der Waals surface area (Å²) < 4.78 is 0. The fraction of sp³-hybridized carbons (Fsp3) is 0.938. The Labute approximate surface area is 122 Å². The topological polar surface area (TPSA) is 35.6 Å². The van der Waals surface area contributed by atoms with Crippen LogP contribution in [0.25, 0.3) is 0 Å². The lowest BCUT2D eigenvalue weighted by atomic mass is 9.82. The maximum Gasteiger partial charge on any atom is 0.317 e. The second kappa shape index (κ2) is 5.92. The molecule has 3 fully saturated rings. The molecule has 4 nitrogen and oxygen atoms in total. The van der Waals surface area contributed by atoms with Gasteiger partial charge in [-0.2, -0.15) is 0 Å². The number of rotatable bonds is 2. The molecule has 3 aliphatic rings. The van der Waals surface area contributed by atoms with Gasteiger partial charge in [0.25, 0.3) is 0 Å². The molecule has 2 atom stereocenters. The molecule has 1 N–H and O–H groups in total. The number of urea groups is 1. The standard InChI is InChI=1S/C16H29N3O/c1-12(2)18-9-8-15-13(10-18)11-19(15)16(20)17-14-6-4-3-5-7-14/h12-15H,3-11H2,1-2H3,(H,17,20)/t13-,15-/m1/s1. The van der Waals surface area contributed by atoms with Crippen molar-refractivity contribution in [2.24, 2.45) is 5.92 Å². The second-order valence-corrected chi connectivity index (χ2v) is 7.14. The molecule has 4 heteroatoms. The van der Waals surface area contributed by atoms with E-state index in [1.807, 2.05) is 0 Å². The molecule has 2 heterocycles. The van der Waals surface area contributed by atoms with Crippen LogP contribution < -0.4 is 5.32 Å². The van der Waals surface area contributed by atoms with Crippen LogP contribution in [-0.4, -0.2) is 53.6 Å². The summed E-state index contributed by atoms with van der Waals surface area (Å²) in [6.45, 7) is 7.83. The Morgan fingerprint density at radius 2 is 1.85 bits per heavy atom. The van der Waals surface area contributed by atoms with E-state index in [2.05, 4.69) is 29.0 Å². The van der Waals surface area contributed by atoms with Gasteiger partial charge in [0.05, 0.1) is 0 Å². The largest absolute Gasteiger partial charge is 0.335 e. The van der Waals surface area contributed by atoms with Gasteiger partial charge in [0.1, 0.15) is 0 Å². The molecule has 2 aliphatic heterocycles. The fourth-order valence-electron chi connectivity index (χ4n) is 4.09. The van der Waals surface area contributed by atoms with Crippen LogP contribution in [0.3, 0.4) is 0 Å². The van der Waals surface area contributed by atoms with Gasteiger partial charge in [-0.3, -0.25) is 0 Å². The summed E-state index contributed by atoms with van der Waals surface area (Å²) >= 11 is 0. The van der Waals surface area contributed by atoms with Crippen molar-refractivity contribution < 1.29 is 4.79 Å². The SMILES string of the molecule is CC(C)N1CC[C@@H]2[C@H](C1)CN2C(=O)NC1CCCCC1. The molecule has 0 spiro atoms. The summed E-state index contributed by atoms with van der Waals surface area (Å²) in [5.74, 6) is 0.711. The average Bonchev–Trinajstić information content (AvgIpc) is 2.41. The molecule has 0 radical (unpaired) electrons. The van der Waals surface area contributed by atoms with Crippen LogP contribution >= 0.6 is 0 Å². The first-order valence-corrected chi connectivity index (χ1v) is 8.46. The van der Waals surface area contributed by atoms with Gasteiger partial charge in [-0.1, -0.05) is 19.3 Å². The third kappa shape index (κ3) is 2.80. The Balaban J connectivity index is 1.47. The van der Waals surface area contributed by atoms with E-state index < -0.39 is 0 Å². The van der Waals surface area contributed by atoms with Crippen molar-refractivity contribution in [2.75, 3.05) is 19.6 Å². The van der Waals surface area contributed by atoms with Crippen LogP contribution in [0.15, 0.2) is 0 Å². The quantitative estimate of drug-likeness (QED) is 0.843. The Hall–Kier alpha value is -0.770. The van der Waals surface area contributed by atoms with Crippen LogP contribution in [0.5, 0.6) is 0 Å². The molecular formula is C16H29N3O. The molecule has 0 aromatic carbocycles. The third-order valence-corrected chi connectivity index (χ3v) is 5.48. The van der Waals surface area contributed by atoms with E-state index in [9.17, 15) is 4.79 Å². The first kappa shape index (κ1) is 14.2. The average molecular weight is 279 g/mol. The van der Waals surface area contributed by atoms with Gasteiger partial charge in [-0.05, 0) is 33.1 Å². The van der Waals surface area contributed by atoms with Crippen molar-refractivity contribution in [3.8, 4) is 0 Å². The number of likely N-dealkylation sites (tertiary alicyclic amines) is 2. The molecular weight excluding hydrogens is 250 g/mol. The molecule has 1 aliphatic carbocycles. The summed E-state index contributed by atoms with van der Waals surface area (Å²) in [6, 6.07) is 1.79. The van der Waals surface area contributed by atoms with Crippen LogP contribution in [-0.2, 0) is 0 Å². The van der Waals surface area contributed by atoms with Crippen molar-refractivity contribution in [1.82, 2.24) is 15.1 Å². The Morgan fingerprint density at radius 1 is 1.10 bits per heavy atom. The van der Waals surface area contributed by atoms with E-state index in [4.69, 9.17) is 0 Å². The van der Waals surface area contributed by atoms with Gasteiger partial charge < -0.3 is 15.1 Å². The number of carbonyl (C=O) groups is 1. The van der Waals surface area contributed by atoms with E-state index in [1.165, 1.54) is 38.6 Å². The highest BCUT2D eigenvalue weighted by Gasteiger charge is 2.45. The lowest BCUT2D eigenvalue weighted by Gasteiger charge is -2.54. The smallest absolute Gasteiger partial charge is 0.317 e. The highest BCUT2D eigenvalue weighted by molar-refractivity contribution is 5.76. The minimum atomic E-state index is 0.205. The third-order valence-electron chi connectivity index (χ3n) is 5.48. The van der Waals surface area contributed by atoms with Gasteiger partial charge in [-0.15, -0.1) is 0 Å². The van der Waals surface area contributed by atoms with E-state index in [0.717, 1.165) is 19.5 Å². The minimum absolute atomic E-state index is 0.205. The van der Waals surface area contributed by atoms with Gasteiger partial charge in [-0.25, -0.2) is 4.79 Å². The maximum absolute atomic E-state index is 12.4. The molecule has 20 heavy (non-hydrogen) atoms. The normalized spacial score (nSPS) is 31.9. The number of nitrogens with one attached hydrogen (secondary N) is 1. The number of carbonyl (C=O) groups excluding carboxylic acids is 1. The van der Waals surface area contributed by atoms with E-state index in [1.54, 1.807) is 0 Å². The minimum Gasteiger partial charge on any atom is -0.335 e. The number of fused-ring (bicyclic) bond motifs is 1. The predicted octanol–water partition coefficient (Wildman–Crippen LogP) is 2.44. The second-order valence-electron chi connectivity index (χ2n) is 7.14. The zero-order valence-corrected chi connectivity index (χ0v) is 13.0. The Kier molecular flexibility index (Phi) is 4.20. The molecule has 0 unspecified atom stereocenters. The fourth-order valence-corrected chi connectivity index (χ4v) is 4.09. The molecule has 2 saturated heterocycles. The predicted molar refractivity (Wildman–Crippen MR) is 80.7 cm³/mol. The zero-order chi connectivity index (χ0) is 14.1. The lowest BCUT2D eigenvalue weighted by molar-refractivity contribution is -0.0234. The summed E-state index contributed by atoms with van der Waals surface area (Å²) in [5, 5.41) is 3.26. The monoisotopic (exact) mass is 279 g/mol. The maximum atomic E-state index is 12.4. The van der Waals surface area contributed by atoms with Crippen molar-refractivity contribution in [2.45, 2.75) is 70.5 Å². The highest BCUT2D eigenvalue weighted by atomic mass is 16.2. The summed E-state index contributed by atoms with van der Waals surface area (Å²) in [7, 11) is 0. The highest BCUT2D eigenvalue weighted by Crippen LogP contribution is 2.33. The molecule has 2 amide bonds. The van der Waals surface area contributed by atoms with Gasteiger partial charge in [0.2, 0.25) is 0 Å². The molecule has 114 valence electrons. The van der Waals surface area contributed by atoms with Gasteiger partial charge in [0, 0.05) is 43.7 Å². The van der Waals surface area contributed by atoms with Gasteiger partial charge >= 0.3 is 6.03 Å². The number of hydrogen-bond acceptors (Lipinski definition) is 2. The number of nitrogens with zero attached hydrogens (tertiary/aromatic N) is 2. The number of hydrogen-bond donors (Lipinski definition) is 1. The molecule has 0 aromatic rings. The zero-order valence-electron chi connectivity index (χ0n) is 13.0. The van der Waals surface area contributed by atoms with Crippen LogP contribution in [0.2, 0.25) is 0 Å². The van der Waals surface area contributed by atoms with Crippen LogP contribution in [0, 0.1) is 5.92 Å². The van der Waals surface area contributed by atoms with Crippen molar-refractivity contribution >= 4 is 6.03 Å². The van der Waals surface area contributed by atoms with E-state index >= 15 is 0 Å². The summed E-state index contributed by atoms with van der Waals surface area (Å²) in [5.41, 5.74) is 0. The Morgan fingerprint density at radius 3 is 2.50 bits per heavy atom. The van der Waals surface area contributed by atoms with Crippen molar-refractivity contribution in [3.63, 3.8) is 0 Å². The van der Waals surface area contributed by atoms with E-state index in [-0.39, 0.29) is 6.03 Å². The first-order chi connectivity index (χ1) is 9.65. The number of piperidine rings is 1. The number of amides is 2. The van der Waals surface area contributed by atoms with Crippen molar-refractivity contribution in [3.05, 3.63) is 0 Å². The van der Waals surface area contributed by atoms with Gasteiger partial charge in [0.15, 0.2) is 0 Å². The van der Waals surface area contributed by atoms with Crippen molar-refractivity contribution in [1.29, 1.82) is 0 Å². The first-order valence-electron chi connectivity index (χ1n) is 8.46. The molecule has 0 aromatic heterocycles. The van der Waals surface area contributed by atoms with E-state index in [0.29, 0.717) is 24.0 Å². The van der Waals surface area contributed by atoms with Crippen LogP contribution in [0.4, 0.5) is 4.79 Å². The molecule has 3 rings (SSSR count). The molecule has 1 saturated carbocycles. The summed E-state index contributed by atoms with van der Waals surface area (Å²) in [4.78, 5) is 17.0. The Bertz CT molecular complexity index is 352. The summed E-state index contributed by atoms with van der Waals surface area (Å²) in [6.07, 6.45) is 7.40. The molecule has 0 bridgehead atoms. The lowest BCUT2D eigenvalue weighted by Crippen LogP contribution is -2.67.